The predicted molar refractivity (Wildman–Crippen MR) is 68.0 cm³/mol. The minimum Gasteiger partial charge on any atom is -0.381 e. The summed E-state index contributed by atoms with van der Waals surface area (Å²) in [5.41, 5.74) is 2.15. The molecule has 0 aliphatic heterocycles. The first kappa shape index (κ1) is 14.2. The molecule has 1 rings (SSSR count). The van der Waals surface area contributed by atoms with Gasteiger partial charge >= 0.3 is 0 Å². The van der Waals surface area contributed by atoms with Crippen LogP contribution in [0, 0.1) is 19.8 Å². The fourth-order valence-electron chi connectivity index (χ4n) is 1.59. The molecule has 0 unspecified atom stereocenters. The summed E-state index contributed by atoms with van der Waals surface area (Å²) in [7, 11) is 0. The first-order valence-electron chi connectivity index (χ1n) is 6.31. The van der Waals surface area contributed by atoms with Gasteiger partial charge in [0.1, 0.15) is 5.76 Å². The molecule has 1 aromatic heterocycles. The molecule has 4 nitrogen and oxygen atoms in total. The van der Waals surface area contributed by atoms with Crippen molar-refractivity contribution >= 4 is 0 Å². The first-order valence-corrected chi connectivity index (χ1v) is 6.31. The zero-order chi connectivity index (χ0) is 12.7. The molecule has 4 heteroatoms. The Labute approximate surface area is 104 Å². The second-order valence-electron chi connectivity index (χ2n) is 4.80. The number of rotatable bonds is 8. The van der Waals surface area contributed by atoms with E-state index >= 15 is 0 Å². The number of nitrogens with zero attached hydrogens (tertiary/aromatic N) is 1. The van der Waals surface area contributed by atoms with Crippen LogP contribution in [0.3, 0.4) is 0 Å². The van der Waals surface area contributed by atoms with Crippen LogP contribution < -0.4 is 5.32 Å². The lowest BCUT2D eigenvalue weighted by molar-refractivity contribution is 0.108. The van der Waals surface area contributed by atoms with Crippen LogP contribution in [0.4, 0.5) is 0 Å². The highest BCUT2D eigenvalue weighted by Crippen LogP contribution is 2.11. The Morgan fingerprint density at radius 3 is 2.71 bits per heavy atom. The molecular formula is C13H24N2O2. The fourth-order valence-corrected chi connectivity index (χ4v) is 1.59. The average Bonchev–Trinajstić information content (AvgIpc) is 2.58. The lowest BCUT2D eigenvalue weighted by Gasteiger charge is -2.07. The van der Waals surface area contributed by atoms with Gasteiger partial charge in [0.05, 0.1) is 5.69 Å². The number of ether oxygens (including phenoxy) is 1. The van der Waals surface area contributed by atoms with Gasteiger partial charge in [-0.3, -0.25) is 0 Å². The number of aromatic nitrogens is 1. The van der Waals surface area contributed by atoms with Crippen molar-refractivity contribution < 1.29 is 9.26 Å². The third kappa shape index (κ3) is 5.33. The Morgan fingerprint density at radius 2 is 2.12 bits per heavy atom. The molecular weight excluding hydrogens is 216 g/mol. The van der Waals surface area contributed by atoms with E-state index < -0.39 is 0 Å². The number of hydrogen-bond acceptors (Lipinski definition) is 4. The summed E-state index contributed by atoms with van der Waals surface area (Å²) in [6.45, 7) is 11.7. The number of nitrogens with one attached hydrogen (secondary N) is 1. The van der Waals surface area contributed by atoms with Crippen molar-refractivity contribution in [2.24, 2.45) is 5.92 Å². The standard InChI is InChI=1S/C13H24N2O2/c1-10(2)9-16-7-5-6-14-8-13-11(3)15-17-12(13)4/h10,14H,5-9H2,1-4H3. The van der Waals surface area contributed by atoms with Crippen molar-refractivity contribution in [3.63, 3.8) is 0 Å². The molecule has 1 N–H and O–H groups in total. The van der Waals surface area contributed by atoms with E-state index in [0.717, 1.165) is 44.2 Å². The minimum atomic E-state index is 0.616. The van der Waals surface area contributed by atoms with Crippen molar-refractivity contribution in [1.29, 1.82) is 0 Å². The summed E-state index contributed by atoms with van der Waals surface area (Å²) in [6.07, 6.45) is 1.04. The van der Waals surface area contributed by atoms with Crippen LogP contribution in [-0.4, -0.2) is 24.9 Å². The maximum atomic E-state index is 5.51. The molecule has 17 heavy (non-hydrogen) atoms. The van der Waals surface area contributed by atoms with Crippen LogP contribution in [0.15, 0.2) is 4.52 Å². The molecule has 0 aliphatic carbocycles. The number of aryl methyl sites for hydroxylation is 2. The fraction of sp³-hybridized carbons (Fsp3) is 0.769. The van der Waals surface area contributed by atoms with Gasteiger partial charge in [0.2, 0.25) is 0 Å². The van der Waals surface area contributed by atoms with Crippen LogP contribution in [0.25, 0.3) is 0 Å². The van der Waals surface area contributed by atoms with Gasteiger partial charge in [-0.15, -0.1) is 0 Å². The van der Waals surface area contributed by atoms with Crippen molar-refractivity contribution in [3.8, 4) is 0 Å². The molecule has 98 valence electrons. The maximum Gasteiger partial charge on any atom is 0.138 e. The summed E-state index contributed by atoms with van der Waals surface area (Å²) >= 11 is 0. The first-order chi connectivity index (χ1) is 8.11. The summed E-state index contributed by atoms with van der Waals surface area (Å²) in [4.78, 5) is 0. The van der Waals surface area contributed by atoms with Crippen molar-refractivity contribution in [1.82, 2.24) is 10.5 Å². The Kier molecular flexibility index (Phi) is 6.22. The third-order valence-corrected chi connectivity index (χ3v) is 2.58. The maximum absolute atomic E-state index is 5.51. The van der Waals surface area contributed by atoms with E-state index in [1.165, 1.54) is 5.56 Å². The summed E-state index contributed by atoms with van der Waals surface area (Å²) in [5, 5.41) is 7.30. The zero-order valence-corrected chi connectivity index (χ0v) is 11.4. The minimum absolute atomic E-state index is 0.616. The van der Waals surface area contributed by atoms with Crippen molar-refractivity contribution in [2.75, 3.05) is 19.8 Å². The lowest BCUT2D eigenvalue weighted by Crippen LogP contribution is -2.17. The Bertz CT molecular complexity index is 302. The van der Waals surface area contributed by atoms with Gasteiger partial charge in [-0.25, -0.2) is 0 Å². The summed E-state index contributed by atoms with van der Waals surface area (Å²) in [5.74, 6) is 1.52. The highest BCUT2D eigenvalue weighted by atomic mass is 16.5. The average molecular weight is 240 g/mol. The van der Waals surface area contributed by atoms with Gasteiger partial charge in [-0.1, -0.05) is 19.0 Å². The normalized spacial score (nSPS) is 11.4. The Morgan fingerprint density at radius 1 is 1.35 bits per heavy atom. The molecule has 1 aromatic rings. The van der Waals surface area contributed by atoms with Crippen LogP contribution in [0.5, 0.6) is 0 Å². The van der Waals surface area contributed by atoms with Gasteiger partial charge < -0.3 is 14.6 Å². The van der Waals surface area contributed by atoms with Gasteiger partial charge in [-0.2, -0.15) is 0 Å². The SMILES string of the molecule is Cc1noc(C)c1CNCCCOCC(C)C. The Balaban J connectivity index is 2.05. The molecule has 0 saturated carbocycles. The van der Waals surface area contributed by atoms with Gasteiger partial charge in [0, 0.05) is 25.3 Å². The second-order valence-corrected chi connectivity index (χ2v) is 4.80. The highest BCUT2D eigenvalue weighted by Gasteiger charge is 2.07. The summed E-state index contributed by atoms with van der Waals surface area (Å²) < 4.78 is 10.6. The Hall–Kier alpha value is -0.870. The molecule has 0 atom stereocenters. The topological polar surface area (TPSA) is 47.3 Å². The van der Waals surface area contributed by atoms with Crippen LogP contribution in [0.1, 0.15) is 37.3 Å². The smallest absolute Gasteiger partial charge is 0.138 e. The van der Waals surface area contributed by atoms with Crippen LogP contribution in [-0.2, 0) is 11.3 Å². The molecule has 1 heterocycles. The van der Waals surface area contributed by atoms with E-state index in [1.54, 1.807) is 0 Å². The lowest BCUT2D eigenvalue weighted by atomic mass is 10.2. The molecule has 0 radical (unpaired) electrons. The zero-order valence-electron chi connectivity index (χ0n) is 11.4. The van der Waals surface area contributed by atoms with Gasteiger partial charge in [0.15, 0.2) is 0 Å². The molecule has 0 fully saturated rings. The van der Waals surface area contributed by atoms with E-state index in [1.807, 2.05) is 13.8 Å². The molecule has 0 spiro atoms. The second kappa shape index (κ2) is 7.45. The molecule has 0 amide bonds. The molecule has 0 bridgehead atoms. The monoisotopic (exact) mass is 240 g/mol. The van der Waals surface area contributed by atoms with E-state index in [2.05, 4.69) is 24.3 Å². The quantitative estimate of drug-likeness (QED) is 0.709. The molecule has 0 aromatic carbocycles. The van der Waals surface area contributed by atoms with Crippen molar-refractivity contribution in [3.05, 3.63) is 17.0 Å². The van der Waals surface area contributed by atoms with Crippen molar-refractivity contribution in [2.45, 2.75) is 40.7 Å². The van der Waals surface area contributed by atoms with Gasteiger partial charge in [0.25, 0.3) is 0 Å². The molecule has 0 saturated heterocycles. The van der Waals surface area contributed by atoms with E-state index in [-0.39, 0.29) is 0 Å². The van der Waals surface area contributed by atoms with Crippen LogP contribution in [0.2, 0.25) is 0 Å². The van der Waals surface area contributed by atoms with Crippen LogP contribution >= 0.6 is 0 Å². The highest BCUT2D eigenvalue weighted by molar-refractivity contribution is 5.20. The third-order valence-electron chi connectivity index (χ3n) is 2.58. The van der Waals surface area contributed by atoms with E-state index in [9.17, 15) is 0 Å². The summed E-state index contributed by atoms with van der Waals surface area (Å²) in [6, 6.07) is 0. The van der Waals surface area contributed by atoms with E-state index in [0.29, 0.717) is 5.92 Å². The number of hydrogen-bond donors (Lipinski definition) is 1. The molecule has 0 aliphatic rings. The largest absolute Gasteiger partial charge is 0.381 e. The van der Waals surface area contributed by atoms with Gasteiger partial charge in [-0.05, 0) is 32.7 Å². The predicted octanol–water partition coefficient (Wildman–Crippen LogP) is 2.44. The van der Waals surface area contributed by atoms with E-state index in [4.69, 9.17) is 9.26 Å².